The first-order valence-electron chi connectivity index (χ1n) is 6.26. The second-order valence-corrected chi connectivity index (χ2v) is 5.38. The number of amides is 2. The fraction of sp³-hybridized carbons (Fsp3) is 0.308. The first-order valence-corrected chi connectivity index (χ1v) is 7.14. The smallest absolute Gasteiger partial charge is 0.248 e. The zero-order valence-corrected chi connectivity index (χ0v) is 11.4. The first-order chi connectivity index (χ1) is 9.74. The van der Waals surface area contributed by atoms with Gasteiger partial charge in [-0.1, -0.05) is 0 Å². The van der Waals surface area contributed by atoms with Crippen LogP contribution in [-0.2, 0) is 16.1 Å². The first kappa shape index (κ1) is 12.9. The summed E-state index contributed by atoms with van der Waals surface area (Å²) in [6.45, 7) is 0.321. The van der Waals surface area contributed by atoms with Crippen molar-refractivity contribution < 1.29 is 14.0 Å². The lowest BCUT2D eigenvalue weighted by atomic mass is 10.2. The van der Waals surface area contributed by atoms with Crippen molar-refractivity contribution >= 4 is 28.3 Å². The van der Waals surface area contributed by atoms with Gasteiger partial charge < -0.3 is 14.6 Å². The van der Waals surface area contributed by atoms with Gasteiger partial charge in [0.05, 0.1) is 12.8 Å². The van der Waals surface area contributed by atoms with E-state index in [0.29, 0.717) is 30.3 Å². The Morgan fingerprint density at radius 2 is 2.50 bits per heavy atom. The van der Waals surface area contributed by atoms with Gasteiger partial charge in [-0.25, -0.2) is 4.98 Å². The van der Waals surface area contributed by atoms with Gasteiger partial charge in [-0.15, -0.1) is 11.3 Å². The Kier molecular flexibility index (Phi) is 3.51. The third kappa shape index (κ3) is 2.57. The lowest BCUT2D eigenvalue weighted by Crippen LogP contribution is -2.41. The maximum absolute atomic E-state index is 12.2. The van der Waals surface area contributed by atoms with Gasteiger partial charge in [0.25, 0.3) is 0 Å². The number of hydrogen-bond donors (Lipinski definition) is 1. The number of thiazole rings is 1. The summed E-state index contributed by atoms with van der Waals surface area (Å²) in [7, 11) is 0. The van der Waals surface area contributed by atoms with E-state index in [4.69, 9.17) is 4.42 Å². The number of likely N-dealkylation sites (tertiary alicyclic amines) is 1. The van der Waals surface area contributed by atoms with E-state index < -0.39 is 6.04 Å². The van der Waals surface area contributed by atoms with E-state index in [2.05, 4.69) is 10.3 Å². The third-order valence-electron chi connectivity index (χ3n) is 3.20. The van der Waals surface area contributed by atoms with Crippen LogP contribution in [0.5, 0.6) is 0 Å². The molecule has 0 saturated carbocycles. The number of nitrogens with zero attached hydrogens (tertiary/aromatic N) is 2. The maximum atomic E-state index is 12.2. The SMILES string of the molecule is O=C(Nc1nccs1)C1CCC(=O)N1Cc1ccco1. The summed E-state index contributed by atoms with van der Waals surface area (Å²) in [4.78, 5) is 29.7. The summed E-state index contributed by atoms with van der Waals surface area (Å²) in [6, 6.07) is 3.10. The van der Waals surface area contributed by atoms with Gasteiger partial charge in [0, 0.05) is 18.0 Å². The average molecular weight is 291 g/mol. The topological polar surface area (TPSA) is 75.4 Å². The second kappa shape index (κ2) is 5.46. The molecule has 104 valence electrons. The predicted molar refractivity (Wildman–Crippen MR) is 73.0 cm³/mol. The molecule has 0 radical (unpaired) electrons. The number of hydrogen-bond acceptors (Lipinski definition) is 5. The second-order valence-electron chi connectivity index (χ2n) is 4.48. The van der Waals surface area contributed by atoms with Gasteiger partial charge in [-0.05, 0) is 18.6 Å². The molecule has 1 N–H and O–H groups in total. The Hall–Kier alpha value is -2.15. The minimum Gasteiger partial charge on any atom is -0.467 e. The van der Waals surface area contributed by atoms with E-state index in [0.717, 1.165) is 0 Å². The van der Waals surface area contributed by atoms with E-state index in [9.17, 15) is 9.59 Å². The Balaban J connectivity index is 1.70. The third-order valence-corrected chi connectivity index (χ3v) is 3.89. The van der Waals surface area contributed by atoms with Crippen molar-refractivity contribution in [2.75, 3.05) is 5.32 Å². The lowest BCUT2D eigenvalue weighted by Gasteiger charge is -2.22. The zero-order valence-electron chi connectivity index (χ0n) is 10.6. The van der Waals surface area contributed by atoms with Gasteiger partial charge in [0.15, 0.2) is 5.13 Å². The molecular weight excluding hydrogens is 278 g/mol. The molecule has 1 aliphatic rings. The molecule has 0 spiro atoms. The summed E-state index contributed by atoms with van der Waals surface area (Å²) in [5, 5.41) is 5.07. The molecule has 6 nitrogen and oxygen atoms in total. The Morgan fingerprint density at radius 1 is 1.60 bits per heavy atom. The fourth-order valence-electron chi connectivity index (χ4n) is 2.25. The summed E-state index contributed by atoms with van der Waals surface area (Å²) in [5.74, 6) is 0.449. The summed E-state index contributed by atoms with van der Waals surface area (Å²) >= 11 is 1.35. The molecule has 1 aliphatic heterocycles. The van der Waals surface area contributed by atoms with Crippen LogP contribution in [0.4, 0.5) is 5.13 Å². The van der Waals surface area contributed by atoms with Crippen LogP contribution in [0.15, 0.2) is 34.4 Å². The molecule has 20 heavy (non-hydrogen) atoms. The molecule has 1 atom stereocenters. The minimum absolute atomic E-state index is 0.0271. The predicted octanol–water partition coefficient (Wildman–Crippen LogP) is 1.87. The monoisotopic (exact) mass is 291 g/mol. The van der Waals surface area contributed by atoms with Crippen LogP contribution in [0.3, 0.4) is 0 Å². The normalized spacial score (nSPS) is 18.5. The molecule has 1 saturated heterocycles. The molecule has 2 aromatic rings. The maximum Gasteiger partial charge on any atom is 0.248 e. The number of furan rings is 1. The van der Waals surface area contributed by atoms with Crippen molar-refractivity contribution in [3.8, 4) is 0 Å². The number of nitrogens with one attached hydrogen (secondary N) is 1. The van der Waals surface area contributed by atoms with Crippen LogP contribution in [0.2, 0.25) is 0 Å². The molecule has 0 aliphatic carbocycles. The number of anilines is 1. The molecular formula is C13H13N3O3S. The standard InChI is InChI=1S/C13H13N3O3S/c17-11-4-3-10(12(18)15-13-14-5-7-20-13)16(11)8-9-2-1-6-19-9/h1-2,5-7,10H,3-4,8H2,(H,14,15,18). The van der Waals surface area contributed by atoms with E-state index in [1.165, 1.54) is 11.3 Å². The Labute approximate surface area is 119 Å². The van der Waals surface area contributed by atoms with Crippen molar-refractivity contribution in [1.82, 2.24) is 9.88 Å². The van der Waals surface area contributed by atoms with Crippen LogP contribution in [-0.4, -0.2) is 27.7 Å². The van der Waals surface area contributed by atoms with E-state index in [1.54, 1.807) is 34.9 Å². The minimum atomic E-state index is -0.462. The number of rotatable bonds is 4. The van der Waals surface area contributed by atoms with Crippen LogP contribution in [0, 0.1) is 0 Å². The van der Waals surface area contributed by atoms with Crippen LogP contribution >= 0.6 is 11.3 Å². The van der Waals surface area contributed by atoms with Crippen molar-refractivity contribution in [3.05, 3.63) is 35.7 Å². The molecule has 0 bridgehead atoms. The summed E-state index contributed by atoms with van der Waals surface area (Å²) in [6.07, 6.45) is 4.09. The number of aromatic nitrogens is 1. The molecule has 1 fully saturated rings. The number of carbonyl (C=O) groups is 2. The van der Waals surface area contributed by atoms with Crippen LogP contribution in [0.25, 0.3) is 0 Å². The van der Waals surface area contributed by atoms with Crippen LogP contribution < -0.4 is 5.32 Å². The molecule has 1 unspecified atom stereocenters. The lowest BCUT2D eigenvalue weighted by molar-refractivity contribution is -0.134. The summed E-state index contributed by atoms with van der Waals surface area (Å²) in [5.41, 5.74) is 0. The van der Waals surface area contributed by atoms with Gasteiger partial charge in [-0.3, -0.25) is 9.59 Å². The van der Waals surface area contributed by atoms with Crippen molar-refractivity contribution in [1.29, 1.82) is 0 Å². The Bertz CT molecular complexity index is 594. The highest BCUT2D eigenvalue weighted by Gasteiger charge is 2.36. The van der Waals surface area contributed by atoms with Crippen LogP contribution in [0.1, 0.15) is 18.6 Å². The Morgan fingerprint density at radius 3 is 3.20 bits per heavy atom. The quantitative estimate of drug-likeness (QED) is 0.933. The van der Waals surface area contributed by atoms with Gasteiger partial charge in [0.2, 0.25) is 11.8 Å². The molecule has 3 heterocycles. The molecule has 0 aromatic carbocycles. The van der Waals surface area contributed by atoms with E-state index >= 15 is 0 Å². The fourth-order valence-corrected chi connectivity index (χ4v) is 2.78. The molecule has 7 heteroatoms. The molecule has 2 amide bonds. The van der Waals surface area contributed by atoms with Gasteiger partial charge in [-0.2, -0.15) is 0 Å². The highest BCUT2D eigenvalue weighted by atomic mass is 32.1. The molecule has 2 aromatic heterocycles. The zero-order chi connectivity index (χ0) is 13.9. The average Bonchev–Trinajstić information content (AvgIpc) is 3.14. The molecule has 3 rings (SSSR count). The highest BCUT2D eigenvalue weighted by Crippen LogP contribution is 2.23. The van der Waals surface area contributed by atoms with Crippen molar-refractivity contribution in [2.24, 2.45) is 0 Å². The largest absolute Gasteiger partial charge is 0.467 e. The van der Waals surface area contributed by atoms with E-state index in [-0.39, 0.29) is 11.8 Å². The number of carbonyl (C=O) groups excluding carboxylic acids is 2. The van der Waals surface area contributed by atoms with Crippen molar-refractivity contribution in [3.63, 3.8) is 0 Å². The van der Waals surface area contributed by atoms with E-state index in [1.807, 2.05) is 0 Å². The van der Waals surface area contributed by atoms with Gasteiger partial charge in [0.1, 0.15) is 11.8 Å². The van der Waals surface area contributed by atoms with Crippen molar-refractivity contribution in [2.45, 2.75) is 25.4 Å². The highest BCUT2D eigenvalue weighted by molar-refractivity contribution is 7.13. The van der Waals surface area contributed by atoms with Gasteiger partial charge >= 0.3 is 0 Å². The summed E-state index contributed by atoms with van der Waals surface area (Å²) < 4.78 is 5.24.